The van der Waals surface area contributed by atoms with Gasteiger partial charge in [-0.3, -0.25) is 14.5 Å². The van der Waals surface area contributed by atoms with E-state index in [2.05, 4.69) is 41.3 Å². The molecule has 0 aromatic heterocycles. The van der Waals surface area contributed by atoms with Crippen LogP contribution < -0.4 is 4.74 Å². The summed E-state index contributed by atoms with van der Waals surface area (Å²) in [7, 11) is 1.69. The molecule has 2 atom stereocenters. The van der Waals surface area contributed by atoms with Gasteiger partial charge in [0.15, 0.2) is 0 Å². The quantitative estimate of drug-likeness (QED) is 0.725. The van der Waals surface area contributed by atoms with Crippen molar-refractivity contribution in [3.05, 3.63) is 65.7 Å². The highest BCUT2D eigenvalue weighted by Crippen LogP contribution is 2.32. The fourth-order valence-corrected chi connectivity index (χ4v) is 4.99. The molecule has 6 nitrogen and oxygen atoms in total. The fourth-order valence-electron chi connectivity index (χ4n) is 4.99. The third-order valence-electron chi connectivity index (χ3n) is 6.72. The maximum Gasteiger partial charge on any atom is 0.227 e. The number of piperazine rings is 1. The van der Waals surface area contributed by atoms with Crippen LogP contribution in [0.25, 0.3) is 0 Å². The van der Waals surface area contributed by atoms with Crippen LogP contribution in [0.1, 0.15) is 30.4 Å². The molecule has 32 heavy (non-hydrogen) atoms. The van der Waals surface area contributed by atoms with E-state index >= 15 is 0 Å². The summed E-state index contributed by atoms with van der Waals surface area (Å²) in [4.78, 5) is 31.3. The molecule has 0 radical (unpaired) electrons. The number of piperidine rings is 1. The molecule has 0 N–H and O–H groups in total. The molecule has 2 aromatic carbocycles. The van der Waals surface area contributed by atoms with Crippen molar-refractivity contribution in [2.45, 2.75) is 25.8 Å². The molecule has 2 fully saturated rings. The largest absolute Gasteiger partial charge is 0.497 e. The van der Waals surface area contributed by atoms with E-state index in [1.54, 1.807) is 14.0 Å². The van der Waals surface area contributed by atoms with Gasteiger partial charge >= 0.3 is 0 Å². The van der Waals surface area contributed by atoms with E-state index in [1.165, 1.54) is 11.1 Å². The highest BCUT2D eigenvalue weighted by molar-refractivity contribution is 5.80. The molecule has 2 aromatic rings. The zero-order valence-corrected chi connectivity index (χ0v) is 19.1. The maximum absolute atomic E-state index is 13.5. The van der Waals surface area contributed by atoms with E-state index in [9.17, 15) is 9.59 Å². The Morgan fingerprint density at radius 1 is 0.938 bits per heavy atom. The minimum atomic E-state index is -0.0385. The van der Waals surface area contributed by atoms with Gasteiger partial charge in [-0.25, -0.2) is 0 Å². The molecular weight excluding hydrogens is 402 g/mol. The molecule has 6 heteroatoms. The van der Waals surface area contributed by atoms with Gasteiger partial charge in [0.2, 0.25) is 11.8 Å². The third kappa shape index (κ3) is 5.30. The predicted octanol–water partition coefficient (Wildman–Crippen LogP) is 2.99. The minimum Gasteiger partial charge on any atom is -0.497 e. The summed E-state index contributed by atoms with van der Waals surface area (Å²) in [6, 6.07) is 18.7. The van der Waals surface area contributed by atoms with Gasteiger partial charge < -0.3 is 14.5 Å². The third-order valence-corrected chi connectivity index (χ3v) is 6.72. The topological polar surface area (TPSA) is 53.1 Å². The summed E-state index contributed by atoms with van der Waals surface area (Å²) in [5.41, 5.74) is 2.49. The number of methoxy groups -OCH3 is 1. The van der Waals surface area contributed by atoms with Crippen LogP contribution >= 0.6 is 0 Å². The predicted molar refractivity (Wildman–Crippen MR) is 124 cm³/mol. The lowest BCUT2D eigenvalue weighted by atomic mass is 9.83. The summed E-state index contributed by atoms with van der Waals surface area (Å²) < 4.78 is 5.39. The number of ether oxygens (including phenoxy) is 1. The summed E-state index contributed by atoms with van der Waals surface area (Å²) in [6.07, 6.45) is 0.865. The Hall–Kier alpha value is -2.86. The first-order valence-electron chi connectivity index (χ1n) is 11.5. The van der Waals surface area contributed by atoms with E-state index in [-0.39, 0.29) is 17.7 Å². The van der Waals surface area contributed by atoms with Crippen molar-refractivity contribution >= 4 is 11.8 Å². The number of hydrogen-bond acceptors (Lipinski definition) is 4. The summed E-state index contributed by atoms with van der Waals surface area (Å²) in [6.45, 7) is 6.59. The Bertz CT molecular complexity index is 925. The van der Waals surface area contributed by atoms with Gasteiger partial charge in [-0.15, -0.1) is 0 Å². The van der Waals surface area contributed by atoms with Crippen molar-refractivity contribution in [2.75, 3.05) is 46.4 Å². The fraction of sp³-hybridized carbons (Fsp3) is 0.462. The summed E-state index contributed by atoms with van der Waals surface area (Å²) in [5.74, 6) is 1.45. The monoisotopic (exact) mass is 435 g/mol. The van der Waals surface area contributed by atoms with E-state index in [0.29, 0.717) is 32.1 Å². The Balaban J connectivity index is 1.49. The van der Waals surface area contributed by atoms with Crippen LogP contribution in [0.5, 0.6) is 5.75 Å². The average Bonchev–Trinajstić information content (AvgIpc) is 2.84. The summed E-state index contributed by atoms with van der Waals surface area (Å²) in [5, 5.41) is 0. The molecule has 2 heterocycles. The molecule has 4 rings (SSSR count). The number of carbonyl (C=O) groups excluding carboxylic acids is 2. The van der Waals surface area contributed by atoms with Crippen molar-refractivity contribution in [1.29, 1.82) is 0 Å². The molecule has 2 unspecified atom stereocenters. The smallest absolute Gasteiger partial charge is 0.227 e. The van der Waals surface area contributed by atoms with E-state index in [4.69, 9.17) is 4.74 Å². The zero-order valence-electron chi connectivity index (χ0n) is 19.1. The van der Waals surface area contributed by atoms with Gasteiger partial charge in [0.25, 0.3) is 0 Å². The maximum atomic E-state index is 13.5. The standard InChI is InChI=1S/C26H33N3O3/c1-20(30)28-11-13-29(14-12-28)26(31)24-16-23(22-8-4-3-5-9-22)18-27(19-24)17-21-7-6-10-25(15-21)32-2/h3-10,15,23-24H,11-14,16-19H2,1-2H3. The first-order chi connectivity index (χ1) is 15.5. The second kappa shape index (κ2) is 10.2. The number of benzene rings is 2. The van der Waals surface area contributed by atoms with Gasteiger partial charge in [0, 0.05) is 52.7 Å². The van der Waals surface area contributed by atoms with Gasteiger partial charge in [-0.1, -0.05) is 42.5 Å². The Labute approximate surface area is 190 Å². The van der Waals surface area contributed by atoms with E-state index in [1.807, 2.05) is 28.0 Å². The number of nitrogens with zero attached hydrogens (tertiary/aromatic N) is 3. The molecule has 0 bridgehead atoms. The lowest BCUT2D eigenvalue weighted by molar-refractivity contribution is -0.143. The van der Waals surface area contributed by atoms with Gasteiger partial charge in [0.1, 0.15) is 5.75 Å². The van der Waals surface area contributed by atoms with Gasteiger partial charge in [-0.05, 0) is 35.6 Å². The van der Waals surface area contributed by atoms with Crippen LogP contribution in [0, 0.1) is 5.92 Å². The normalized spacial score (nSPS) is 21.9. The van der Waals surface area contributed by atoms with Crippen LogP contribution in [0.15, 0.2) is 54.6 Å². The Morgan fingerprint density at radius 2 is 1.66 bits per heavy atom. The van der Waals surface area contributed by atoms with Crippen molar-refractivity contribution in [3.8, 4) is 5.75 Å². The van der Waals surface area contributed by atoms with Crippen LogP contribution in [0.2, 0.25) is 0 Å². The number of amides is 2. The molecule has 2 saturated heterocycles. The second-order valence-electron chi connectivity index (χ2n) is 8.92. The minimum absolute atomic E-state index is 0.0385. The lowest BCUT2D eigenvalue weighted by Gasteiger charge is -2.41. The number of likely N-dealkylation sites (tertiary alicyclic amines) is 1. The molecule has 2 aliphatic rings. The first kappa shape index (κ1) is 22.3. The highest BCUT2D eigenvalue weighted by Gasteiger charge is 2.35. The van der Waals surface area contributed by atoms with E-state index < -0.39 is 0 Å². The molecule has 170 valence electrons. The second-order valence-corrected chi connectivity index (χ2v) is 8.92. The zero-order chi connectivity index (χ0) is 22.5. The van der Waals surface area contributed by atoms with Crippen LogP contribution in [-0.2, 0) is 16.1 Å². The van der Waals surface area contributed by atoms with Crippen LogP contribution in [0.4, 0.5) is 0 Å². The highest BCUT2D eigenvalue weighted by atomic mass is 16.5. The van der Waals surface area contributed by atoms with Crippen LogP contribution in [0.3, 0.4) is 0 Å². The SMILES string of the molecule is COc1cccc(CN2CC(C(=O)N3CCN(C(C)=O)CC3)CC(c3ccccc3)C2)c1. The molecule has 2 aliphatic heterocycles. The van der Waals surface area contributed by atoms with Gasteiger partial charge in [0.05, 0.1) is 13.0 Å². The molecule has 2 amide bonds. The van der Waals surface area contributed by atoms with Crippen LogP contribution in [-0.4, -0.2) is 72.9 Å². The number of hydrogen-bond donors (Lipinski definition) is 0. The van der Waals surface area contributed by atoms with Crippen molar-refractivity contribution in [3.63, 3.8) is 0 Å². The molecule has 0 aliphatic carbocycles. The number of carbonyl (C=O) groups is 2. The van der Waals surface area contributed by atoms with Crippen molar-refractivity contribution in [1.82, 2.24) is 14.7 Å². The Morgan fingerprint density at radius 3 is 2.34 bits per heavy atom. The lowest BCUT2D eigenvalue weighted by Crippen LogP contribution is -2.53. The van der Waals surface area contributed by atoms with E-state index in [0.717, 1.165) is 31.8 Å². The average molecular weight is 436 g/mol. The van der Waals surface area contributed by atoms with Crippen molar-refractivity contribution < 1.29 is 14.3 Å². The molecule has 0 saturated carbocycles. The first-order valence-corrected chi connectivity index (χ1v) is 11.5. The Kier molecular flexibility index (Phi) is 7.10. The summed E-state index contributed by atoms with van der Waals surface area (Å²) >= 11 is 0. The van der Waals surface area contributed by atoms with Gasteiger partial charge in [-0.2, -0.15) is 0 Å². The molecular formula is C26H33N3O3. The number of rotatable bonds is 5. The molecule has 0 spiro atoms. The van der Waals surface area contributed by atoms with Crippen molar-refractivity contribution in [2.24, 2.45) is 5.92 Å².